The van der Waals surface area contributed by atoms with Crippen molar-refractivity contribution in [3.05, 3.63) is 34.9 Å². The first-order valence-corrected chi connectivity index (χ1v) is 12.2. The highest BCUT2D eigenvalue weighted by Gasteiger charge is 2.43. The third-order valence-corrected chi connectivity index (χ3v) is 5.80. The first kappa shape index (κ1) is 28.1. The van der Waals surface area contributed by atoms with E-state index >= 15 is 0 Å². The third kappa shape index (κ3) is 7.97. The average Bonchev–Trinajstić information content (AvgIpc) is 2.65. The van der Waals surface area contributed by atoms with Crippen molar-refractivity contribution in [3.63, 3.8) is 0 Å². The highest BCUT2D eigenvalue weighted by atomic mass is 16.6. The minimum absolute atomic E-state index is 0.144. The van der Waals surface area contributed by atoms with Crippen LogP contribution >= 0.6 is 0 Å². The zero-order valence-corrected chi connectivity index (χ0v) is 21.9. The second-order valence-corrected chi connectivity index (χ2v) is 10.6. The van der Waals surface area contributed by atoms with Gasteiger partial charge in [-0.1, -0.05) is 23.8 Å². The Morgan fingerprint density at radius 3 is 2.23 bits per heavy atom. The molecule has 4 amide bonds. The van der Waals surface area contributed by atoms with Crippen LogP contribution in [0.3, 0.4) is 0 Å². The third-order valence-electron chi connectivity index (χ3n) is 5.80. The highest BCUT2D eigenvalue weighted by molar-refractivity contribution is 5.95. The lowest BCUT2D eigenvalue weighted by Crippen LogP contribution is -2.58. The van der Waals surface area contributed by atoms with E-state index in [0.29, 0.717) is 5.56 Å². The summed E-state index contributed by atoms with van der Waals surface area (Å²) in [6.45, 7) is 12.6. The lowest BCUT2D eigenvalue weighted by atomic mass is 9.86. The molecule has 2 unspecified atom stereocenters. The van der Waals surface area contributed by atoms with Gasteiger partial charge in [-0.05, 0) is 78.9 Å². The van der Waals surface area contributed by atoms with Crippen molar-refractivity contribution >= 4 is 23.8 Å². The van der Waals surface area contributed by atoms with Crippen LogP contribution in [-0.2, 0) is 19.1 Å². The van der Waals surface area contributed by atoms with Crippen molar-refractivity contribution in [2.45, 2.75) is 104 Å². The van der Waals surface area contributed by atoms with Gasteiger partial charge in [0, 0.05) is 12.1 Å². The van der Waals surface area contributed by atoms with Crippen LogP contribution in [-0.4, -0.2) is 52.4 Å². The Bertz CT molecular complexity index is 950. The molecule has 1 aliphatic rings. The highest BCUT2D eigenvalue weighted by Crippen LogP contribution is 2.35. The van der Waals surface area contributed by atoms with Gasteiger partial charge in [0.05, 0.1) is 6.42 Å². The Morgan fingerprint density at radius 1 is 1.11 bits per heavy atom. The number of amides is 4. The number of hydrogen-bond donors (Lipinski definition) is 3. The molecule has 1 aromatic rings. The van der Waals surface area contributed by atoms with Gasteiger partial charge in [-0.15, -0.1) is 0 Å². The molecule has 9 heteroatoms. The van der Waals surface area contributed by atoms with Crippen LogP contribution in [0.4, 0.5) is 4.79 Å². The smallest absolute Gasteiger partial charge is 0.408 e. The van der Waals surface area contributed by atoms with E-state index in [0.717, 1.165) is 30.4 Å². The van der Waals surface area contributed by atoms with E-state index < -0.39 is 42.0 Å². The van der Waals surface area contributed by atoms with Gasteiger partial charge >= 0.3 is 6.09 Å². The Labute approximate surface area is 208 Å². The number of nitrogens with zero attached hydrogens (tertiary/aromatic N) is 1. The molecule has 194 valence electrons. The minimum Gasteiger partial charge on any atom is -0.444 e. The molecule has 1 aromatic carbocycles. The summed E-state index contributed by atoms with van der Waals surface area (Å²) < 4.78 is 5.31. The standard InChI is InChI=1S/C26H40N4O5/c1-15(2)28-23(32)22(19-13-16(3)11-12-17(19)4)30(18-9-8-10-18)24(33)20(14-21(27)31)29-25(34)35-26(5,6)7/h11-13,15,18,20,22H,8-10,14H2,1-7H3,(H2,27,31)(H,28,32)(H,29,34). The van der Waals surface area contributed by atoms with E-state index in [9.17, 15) is 19.2 Å². The Balaban J connectivity index is 2.54. The summed E-state index contributed by atoms with van der Waals surface area (Å²) in [7, 11) is 0. The van der Waals surface area contributed by atoms with Crippen LogP contribution in [0.25, 0.3) is 0 Å². The summed E-state index contributed by atoms with van der Waals surface area (Å²) in [5, 5.41) is 5.46. The van der Waals surface area contributed by atoms with E-state index in [-0.39, 0.29) is 18.0 Å². The second kappa shape index (κ2) is 11.6. The molecule has 2 atom stereocenters. The average molecular weight is 489 g/mol. The van der Waals surface area contributed by atoms with Crippen molar-refractivity contribution in [2.24, 2.45) is 5.73 Å². The number of carbonyl (C=O) groups is 4. The molecule has 0 bridgehead atoms. The monoisotopic (exact) mass is 488 g/mol. The molecule has 2 rings (SSSR count). The number of nitrogens with one attached hydrogen (secondary N) is 2. The molecule has 0 saturated heterocycles. The Kier molecular flexibility index (Phi) is 9.29. The molecule has 0 aliphatic heterocycles. The van der Waals surface area contributed by atoms with Gasteiger partial charge < -0.3 is 26.0 Å². The normalized spacial score (nSPS) is 15.5. The summed E-state index contributed by atoms with van der Waals surface area (Å²) in [6, 6.07) is 3.24. The van der Waals surface area contributed by atoms with Crippen LogP contribution in [0, 0.1) is 13.8 Å². The zero-order valence-electron chi connectivity index (χ0n) is 21.9. The van der Waals surface area contributed by atoms with E-state index in [1.54, 1.807) is 20.8 Å². The molecule has 4 N–H and O–H groups in total. The zero-order chi connectivity index (χ0) is 26.5. The van der Waals surface area contributed by atoms with Crippen LogP contribution in [0.15, 0.2) is 18.2 Å². The molecule has 1 saturated carbocycles. The maximum Gasteiger partial charge on any atom is 0.408 e. The molecule has 0 aromatic heterocycles. The fourth-order valence-corrected chi connectivity index (χ4v) is 4.05. The largest absolute Gasteiger partial charge is 0.444 e. The van der Waals surface area contributed by atoms with Crippen molar-refractivity contribution in [2.75, 3.05) is 0 Å². The van der Waals surface area contributed by atoms with Gasteiger partial charge in [-0.3, -0.25) is 14.4 Å². The van der Waals surface area contributed by atoms with Gasteiger partial charge in [0.25, 0.3) is 0 Å². The SMILES string of the molecule is Cc1ccc(C)c(C(C(=O)NC(C)C)N(C(=O)C(CC(N)=O)NC(=O)OC(C)(C)C)C2CCC2)c1. The first-order chi connectivity index (χ1) is 16.2. The van der Waals surface area contributed by atoms with Crippen molar-refractivity contribution in [1.29, 1.82) is 0 Å². The molecular weight excluding hydrogens is 448 g/mol. The molecule has 1 aliphatic carbocycles. The maximum atomic E-state index is 14.0. The van der Waals surface area contributed by atoms with E-state index in [1.807, 2.05) is 45.9 Å². The summed E-state index contributed by atoms with van der Waals surface area (Å²) in [5.74, 6) is -1.60. The van der Waals surface area contributed by atoms with Gasteiger partial charge in [0.2, 0.25) is 17.7 Å². The van der Waals surface area contributed by atoms with Crippen LogP contribution < -0.4 is 16.4 Å². The first-order valence-electron chi connectivity index (χ1n) is 12.2. The molecule has 0 heterocycles. The molecular formula is C26H40N4O5. The number of aryl methyl sites for hydroxylation is 2. The summed E-state index contributed by atoms with van der Waals surface area (Å²) in [5.41, 5.74) is 7.16. The lowest BCUT2D eigenvalue weighted by molar-refractivity contribution is -0.148. The number of ether oxygens (including phenoxy) is 1. The summed E-state index contributed by atoms with van der Waals surface area (Å²) in [6.07, 6.45) is 1.11. The molecule has 0 spiro atoms. The minimum atomic E-state index is -1.26. The number of hydrogen-bond acceptors (Lipinski definition) is 5. The van der Waals surface area contributed by atoms with Gasteiger partial charge in [0.15, 0.2) is 0 Å². The fourth-order valence-electron chi connectivity index (χ4n) is 4.05. The summed E-state index contributed by atoms with van der Waals surface area (Å²) >= 11 is 0. The van der Waals surface area contributed by atoms with Gasteiger partial charge in [-0.25, -0.2) is 4.79 Å². The predicted molar refractivity (Wildman–Crippen MR) is 133 cm³/mol. The quantitative estimate of drug-likeness (QED) is 0.492. The number of primary amides is 1. The number of alkyl carbamates (subject to hydrolysis) is 1. The van der Waals surface area contributed by atoms with Crippen molar-refractivity contribution in [3.8, 4) is 0 Å². The second-order valence-electron chi connectivity index (χ2n) is 10.6. The molecule has 0 radical (unpaired) electrons. The number of rotatable bonds is 9. The van der Waals surface area contributed by atoms with E-state index in [4.69, 9.17) is 10.5 Å². The molecule has 1 fully saturated rings. The number of benzene rings is 1. The van der Waals surface area contributed by atoms with Crippen molar-refractivity contribution in [1.82, 2.24) is 15.5 Å². The summed E-state index contributed by atoms with van der Waals surface area (Å²) in [4.78, 5) is 53.4. The van der Waals surface area contributed by atoms with Crippen LogP contribution in [0.5, 0.6) is 0 Å². The lowest BCUT2D eigenvalue weighted by Gasteiger charge is -2.44. The number of carbonyl (C=O) groups excluding carboxylic acids is 4. The van der Waals surface area contributed by atoms with E-state index in [2.05, 4.69) is 10.6 Å². The Morgan fingerprint density at radius 2 is 1.74 bits per heavy atom. The molecule has 35 heavy (non-hydrogen) atoms. The van der Waals surface area contributed by atoms with Gasteiger partial charge in [0.1, 0.15) is 17.7 Å². The van der Waals surface area contributed by atoms with Crippen LogP contribution in [0.2, 0.25) is 0 Å². The van der Waals surface area contributed by atoms with Gasteiger partial charge in [-0.2, -0.15) is 0 Å². The predicted octanol–water partition coefficient (Wildman–Crippen LogP) is 3.02. The molecule has 9 nitrogen and oxygen atoms in total. The maximum absolute atomic E-state index is 14.0. The topological polar surface area (TPSA) is 131 Å². The Hall–Kier alpha value is -3.10. The van der Waals surface area contributed by atoms with Crippen LogP contribution in [0.1, 0.15) is 83.0 Å². The number of nitrogens with two attached hydrogens (primary N) is 1. The van der Waals surface area contributed by atoms with Crippen molar-refractivity contribution < 1.29 is 23.9 Å². The van der Waals surface area contributed by atoms with E-state index in [1.165, 1.54) is 4.90 Å². The fraction of sp³-hybridized carbons (Fsp3) is 0.615.